The Hall–Kier alpha value is -0.730. The predicted molar refractivity (Wildman–Crippen MR) is 81.6 cm³/mol. The Balaban J connectivity index is 2.93. The number of nitrogens with zero attached hydrogens (tertiary/aromatic N) is 1. The van der Waals surface area contributed by atoms with E-state index in [2.05, 4.69) is 50.0 Å². The first-order valence-electron chi connectivity index (χ1n) is 6.85. The minimum atomic E-state index is 0.484. The summed E-state index contributed by atoms with van der Waals surface area (Å²) in [6.45, 7) is 11.7. The topological polar surface area (TPSA) is 15.3 Å². The molecule has 0 heterocycles. The zero-order chi connectivity index (χ0) is 13.5. The number of nitrogens with one attached hydrogen (secondary N) is 1. The molecule has 0 amide bonds. The van der Waals surface area contributed by atoms with E-state index in [0.29, 0.717) is 6.04 Å². The number of halogens is 1. The van der Waals surface area contributed by atoms with Gasteiger partial charge in [-0.15, -0.1) is 0 Å². The van der Waals surface area contributed by atoms with Crippen LogP contribution in [0.15, 0.2) is 18.2 Å². The van der Waals surface area contributed by atoms with Gasteiger partial charge in [-0.05, 0) is 37.1 Å². The molecule has 0 saturated carbocycles. The van der Waals surface area contributed by atoms with Crippen molar-refractivity contribution in [2.24, 2.45) is 0 Å². The molecule has 0 aliphatic carbocycles. The van der Waals surface area contributed by atoms with Crippen molar-refractivity contribution >= 4 is 17.3 Å². The summed E-state index contributed by atoms with van der Waals surface area (Å²) in [4.78, 5) is 2.41. The van der Waals surface area contributed by atoms with Crippen molar-refractivity contribution < 1.29 is 0 Å². The first-order chi connectivity index (χ1) is 8.58. The van der Waals surface area contributed by atoms with Crippen molar-refractivity contribution in [2.75, 3.05) is 18.0 Å². The average molecular weight is 269 g/mol. The van der Waals surface area contributed by atoms with Crippen LogP contribution in [0.4, 0.5) is 5.69 Å². The first-order valence-corrected chi connectivity index (χ1v) is 7.23. The summed E-state index contributed by atoms with van der Waals surface area (Å²) < 4.78 is 0. The molecule has 0 fully saturated rings. The smallest absolute Gasteiger partial charge is 0.0412 e. The highest BCUT2D eigenvalue weighted by Gasteiger charge is 2.10. The largest absolute Gasteiger partial charge is 0.372 e. The number of hydrogen-bond acceptors (Lipinski definition) is 2. The lowest BCUT2D eigenvalue weighted by Gasteiger charge is -2.26. The van der Waals surface area contributed by atoms with E-state index in [9.17, 15) is 0 Å². The van der Waals surface area contributed by atoms with Crippen LogP contribution in [0.5, 0.6) is 0 Å². The zero-order valence-electron chi connectivity index (χ0n) is 12.0. The predicted octanol–water partition coefficient (Wildman–Crippen LogP) is 4.07. The van der Waals surface area contributed by atoms with E-state index in [1.165, 1.54) is 11.3 Å². The molecule has 3 heteroatoms. The van der Waals surface area contributed by atoms with Crippen LogP contribution >= 0.6 is 11.6 Å². The van der Waals surface area contributed by atoms with Gasteiger partial charge in [-0.2, -0.15) is 0 Å². The molecule has 1 aromatic carbocycles. The highest BCUT2D eigenvalue weighted by molar-refractivity contribution is 6.30. The summed E-state index contributed by atoms with van der Waals surface area (Å²) in [7, 11) is 0. The molecule has 0 spiro atoms. The van der Waals surface area contributed by atoms with E-state index >= 15 is 0 Å². The molecule has 102 valence electrons. The maximum Gasteiger partial charge on any atom is 0.0412 e. The molecule has 0 aliphatic rings. The molecule has 2 nitrogen and oxygen atoms in total. The standard InChI is InChI=1S/C15H25ClN2/c1-5-9-18(6-2)15-8-7-14(16)10-13(15)11-17-12(3)4/h7-8,10,12,17H,5-6,9,11H2,1-4H3. The Morgan fingerprint density at radius 2 is 2.00 bits per heavy atom. The van der Waals surface area contributed by atoms with E-state index in [4.69, 9.17) is 11.6 Å². The molecule has 1 N–H and O–H groups in total. The summed E-state index contributed by atoms with van der Waals surface area (Å²) >= 11 is 6.11. The second kappa shape index (κ2) is 7.65. The van der Waals surface area contributed by atoms with Gasteiger partial charge in [-0.25, -0.2) is 0 Å². The van der Waals surface area contributed by atoms with E-state index < -0.39 is 0 Å². The Labute approximate surface area is 116 Å². The minimum Gasteiger partial charge on any atom is -0.372 e. The first kappa shape index (κ1) is 15.3. The fourth-order valence-corrected chi connectivity index (χ4v) is 2.23. The van der Waals surface area contributed by atoms with Crippen molar-refractivity contribution in [3.63, 3.8) is 0 Å². The molecule has 0 aliphatic heterocycles. The summed E-state index contributed by atoms with van der Waals surface area (Å²) in [6.07, 6.45) is 1.16. The fourth-order valence-electron chi connectivity index (χ4n) is 2.04. The van der Waals surface area contributed by atoms with Gasteiger partial charge in [0.15, 0.2) is 0 Å². The van der Waals surface area contributed by atoms with Gasteiger partial charge in [0, 0.05) is 36.4 Å². The number of rotatable bonds is 7. The zero-order valence-corrected chi connectivity index (χ0v) is 12.7. The highest BCUT2D eigenvalue weighted by atomic mass is 35.5. The minimum absolute atomic E-state index is 0.484. The lowest BCUT2D eigenvalue weighted by molar-refractivity contribution is 0.587. The van der Waals surface area contributed by atoms with Crippen LogP contribution in [0.1, 0.15) is 39.7 Å². The van der Waals surface area contributed by atoms with Crippen molar-refractivity contribution in [3.8, 4) is 0 Å². The Kier molecular flexibility index (Phi) is 6.51. The molecule has 0 radical (unpaired) electrons. The number of anilines is 1. The van der Waals surface area contributed by atoms with Crippen molar-refractivity contribution in [1.82, 2.24) is 5.32 Å². The Morgan fingerprint density at radius 1 is 1.28 bits per heavy atom. The summed E-state index contributed by atoms with van der Waals surface area (Å²) in [5, 5.41) is 4.28. The van der Waals surface area contributed by atoms with Gasteiger partial charge in [0.25, 0.3) is 0 Å². The third-order valence-corrected chi connectivity index (χ3v) is 3.19. The van der Waals surface area contributed by atoms with Crippen LogP contribution in [0.3, 0.4) is 0 Å². The normalized spacial score (nSPS) is 11.0. The van der Waals surface area contributed by atoms with Crippen LogP contribution in [0, 0.1) is 0 Å². The van der Waals surface area contributed by atoms with Crippen LogP contribution in [0.2, 0.25) is 5.02 Å². The van der Waals surface area contributed by atoms with Gasteiger partial charge in [-0.1, -0.05) is 32.4 Å². The molecule has 1 rings (SSSR count). The van der Waals surface area contributed by atoms with E-state index in [1.54, 1.807) is 0 Å². The van der Waals surface area contributed by atoms with E-state index in [-0.39, 0.29) is 0 Å². The maximum absolute atomic E-state index is 6.11. The molecule has 0 atom stereocenters. The van der Waals surface area contributed by atoms with Gasteiger partial charge >= 0.3 is 0 Å². The second-order valence-electron chi connectivity index (χ2n) is 4.89. The second-order valence-corrected chi connectivity index (χ2v) is 5.32. The Bertz CT molecular complexity index is 364. The molecule has 18 heavy (non-hydrogen) atoms. The monoisotopic (exact) mass is 268 g/mol. The SMILES string of the molecule is CCCN(CC)c1ccc(Cl)cc1CNC(C)C. The van der Waals surface area contributed by atoms with Gasteiger partial charge in [-0.3, -0.25) is 0 Å². The van der Waals surface area contributed by atoms with Gasteiger partial charge in [0.05, 0.1) is 0 Å². The van der Waals surface area contributed by atoms with Crippen LogP contribution in [-0.4, -0.2) is 19.1 Å². The summed E-state index contributed by atoms with van der Waals surface area (Å²) in [6, 6.07) is 6.68. The molecule has 0 aromatic heterocycles. The van der Waals surface area contributed by atoms with E-state index in [0.717, 1.165) is 31.1 Å². The molecule has 0 saturated heterocycles. The molecule has 0 unspecified atom stereocenters. The van der Waals surface area contributed by atoms with Crippen molar-refractivity contribution in [1.29, 1.82) is 0 Å². The number of hydrogen-bond donors (Lipinski definition) is 1. The van der Waals surface area contributed by atoms with Gasteiger partial charge in [0.1, 0.15) is 0 Å². The Morgan fingerprint density at radius 3 is 2.56 bits per heavy atom. The quantitative estimate of drug-likeness (QED) is 0.802. The summed E-state index contributed by atoms with van der Waals surface area (Å²) in [5.41, 5.74) is 2.59. The van der Waals surface area contributed by atoms with Crippen LogP contribution in [0.25, 0.3) is 0 Å². The third kappa shape index (κ3) is 4.51. The molecule has 1 aromatic rings. The lowest BCUT2D eigenvalue weighted by atomic mass is 10.1. The average Bonchev–Trinajstić information content (AvgIpc) is 2.34. The summed E-state index contributed by atoms with van der Waals surface area (Å²) in [5.74, 6) is 0. The van der Waals surface area contributed by atoms with Crippen molar-refractivity contribution in [2.45, 2.75) is 46.7 Å². The van der Waals surface area contributed by atoms with Crippen molar-refractivity contribution in [3.05, 3.63) is 28.8 Å². The molecule has 0 bridgehead atoms. The van der Waals surface area contributed by atoms with Gasteiger partial charge in [0.2, 0.25) is 0 Å². The third-order valence-electron chi connectivity index (χ3n) is 2.96. The number of benzene rings is 1. The maximum atomic E-state index is 6.11. The fraction of sp³-hybridized carbons (Fsp3) is 0.600. The van der Waals surface area contributed by atoms with Crippen LogP contribution < -0.4 is 10.2 Å². The van der Waals surface area contributed by atoms with E-state index in [1.807, 2.05) is 6.07 Å². The molecular formula is C15H25ClN2. The molecular weight excluding hydrogens is 244 g/mol. The van der Waals surface area contributed by atoms with Gasteiger partial charge < -0.3 is 10.2 Å². The lowest BCUT2D eigenvalue weighted by Crippen LogP contribution is -2.27. The highest BCUT2D eigenvalue weighted by Crippen LogP contribution is 2.24. The van der Waals surface area contributed by atoms with Crippen LogP contribution in [-0.2, 0) is 6.54 Å².